The zero-order valence-corrected chi connectivity index (χ0v) is 14.5. The first-order chi connectivity index (χ1) is 11.2. The molecule has 0 radical (unpaired) electrons. The van der Waals surface area contributed by atoms with E-state index in [9.17, 15) is 22.8 Å². The van der Waals surface area contributed by atoms with E-state index in [-0.39, 0.29) is 29.7 Å². The third kappa shape index (κ3) is 6.05. The Bertz CT molecular complexity index is 633. The summed E-state index contributed by atoms with van der Waals surface area (Å²) in [6.07, 6.45) is -3.80. The molecule has 1 aromatic carbocycles. The van der Waals surface area contributed by atoms with Crippen LogP contribution in [-0.4, -0.2) is 41.5 Å². The first kappa shape index (κ1) is 21.5. The highest BCUT2D eigenvalue weighted by Gasteiger charge is 2.34. The van der Waals surface area contributed by atoms with Crippen LogP contribution in [0, 0.1) is 5.92 Å². The maximum Gasteiger partial charge on any atom is 0.418 e. The molecule has 1 amide bonds. The van der Waals surface area contributed by atoms with Gasteiger partial charge in [-0.15, -0.1) is 12.4 Å². The minimum atomic E-state index is -4.63. The molecular formula is C15H17Cl2F3N2O3. The van der Waals surface area contributed by atoms with Crippen LogP contribution in [0.25, 0.3) is 0 Å². The van der Waals surface area contributed by atoms with Gasteiger partial charge in [0.1, 0.15) is 0 Å². The van der Waals surface area contributed by atoms with Crippen LogP contribution in [0.2, 0.25) is 5.02 Å². The summed E-state index contributed by atoms with van der Waals surface area (Å²) in [4.78, 5) is 24.6. The second kappa shape index (κ2) is 8.73. The molecule has 1 aliphatic heterocycles. The van der Waals surface area contributed by atoms with Gasteiger partial charge >= 0.3 is 12.1 Å². The van der Waals surface area contributed by atoms with E-state index in [2.05, 4.69) is 5.32 Å². The van der Waals surface area contributed by atoms with Crippen LogP contribution >= 0.6 is 24.0 Å². The number of hydrogen-bond acceptors (Lipinski definition) is 3. The topological polar surface area (TPSA) is 69.6 Å². The normalized spacial score (nSPS) is 16.2. The second-order valence-corrected chi connectivity index (χ2v) is 6.06. The monoisotopic (exact) mass is 400 g/mol. The number of aliphatic carboxylic acids is 1. The Morgan fingerprint density at radius 2 is 1.88 bits per heavy atom. The van der Waals surface area contributed by atoms with Crippen molar-refractivity contribution in [2.45, 2.75) is 19.0 Å². The number of alkyl halides is 3. The van der Waals surface area contributed by atoms with Gasteiger partial charge < -0.3 is 10.4 Å². The van der Waals surface area contributed by atoms with Gasteiger partial charge in [-0.2, -0.15) is 13.2 Å². The van der Waals surface area contributed by atoms with Gasteiger partial charge in [-0.05, 0) is 44.1 Å². The van der Waals surface area contributed by atoms with Gasteiger partial charge in [-0.1, -0.05) is 11.6 Å². The van der Waals surface area contributed by atoms with Gasteiger partial charge in [-0.3, -0.25) is 14.5 Å². The van der Waals surface area contributed by atoms with Gasteiger partial charge in [-0.25, -0.2) is 0 Å². The Labute approximate surface area is 153 Å². The molecule has 2 N–H and O–H groups in total. The summed E-state index contributed by atoms with van der Waals surface area (Å²) in [6, 6.07) is 3.14. The number of nitrogens with zero attached hydrogens (tertiary/aromatic N) is 1. The van der Waals surface area contributed by atoms with Gasteiger partial charge in [0.2, 0.25) is 5.91 Å². The SMILES string of the molecule is Cl.O=C(CN1CCC(C(=O)O)CC1)Nc1ccc(Cl)cc1C(F)(F)F. The Balaban J connectivity index is 0.00000312. The molecule has 1 aliphatic rings. The Morgan fingerprint density at radius 1 is 1.28 bits per heavy atom. The van der Waals surface area contributed by atoms with Crippen LogP contribution < -0.4 is 5.32 Å². The lowest BCUT2D eigenvalue weighted by Gasteiger charge is -2.29. The number of likely N-dealkylation sites (tertiary alicyclic amines) is 1. The van der Waals surface area contributed by atoms with Crippen molar-refractivity contribution in [1.29, 1.82) is 0 Å². The molecule has 140 valence electrons. The lowest BCUT2D eigenvalue weighted by Crippen LogP contribution is -2.40. The predicted octanol–water partition coefficient (Wildman–Crippen LogP) is 3.52. The van der Waals surface area contributed by atoms with Crippen molar-refractivity contribution in [2.75, 3.05) is 25.0 Å². The predicted molar refractivity (Wildman–Crippen MR) is 89.1 cm³/mol. The zero-order valence-electron chi connectivity index (χ0n) is 13.0. The standard InChI is InChI=1S/C15H16ClF3N2O3.ClH/c16-10-1-2-12(11(7-10)15(17,18)19)20-13(22)8-21-5-3-9(4-6-21)14(23)24;/h1-2,7,9H,3-6,8H2,(H,20,22)(H,23,24);1H. The Hall–Kier alpha value is -1.51. The van der Waals surface area contributed by atoms with E-state index in [4.69, 9.17) is 16.7 Å². The summed E-state index contributed by atoms with van der Waals surface area (Å²) in [5.41, 5.74) is -1.36. The molecule has 0 atom stereocenters. The lowest BCUT2D eigenvalue weighted by atomic mass is 9.97. The van der Waals surface area contributed by atoms with E-state index >= 15 is 0 Å². The van der Waals surface area contributed by atoms with E-state index in [0.29, 0.717) is 25.9 Å². The smallest absolute Gasteiger partial charge is 0.418 e. The molecule has 0 aliphatic carbocycles. The minimum absolute atomic E-state index is 0. The van der Waals surface area contributed by atoms with E-state index in [0.717, 1.165) is 12.1 Å². The summed E-state index contributed by atoms with van der Waals surface area (Å²) in [7, 11) is 0. The number of carbonyl (C=O) groups is 2. The molecule has 0 aromatic heterocycles. The van der Waals surface area contributed by atoms with Gasteiger partial charge in [0.05, 0.1) is 23.7 Å². The first-order valence-electron chi connectivity index (χ1n) is 7.28. The summed E-state index contributed by atoms with van der Waals surface area (Å²) in [6.45, 7) is 0.737. The number of carbonyl (C=O) groups excluding carboxylic acids is 1. The lowest BCUT2D eigenvalue weighted by molar-refractivity contribution is -0.143. The third-order valence-electron chi connectivity index (χ3n) is 3.87. The molecule has 0 unspecified atom stereocenters. The number of carboxylic acids is 1. The van der Waals surface area contributed by atoms with Crippen molar-refractivity contribution in [3.63, 3.8) is 0 Å². The number of rotatable bonds is 4. The minimum Gasteiger partial charge on any atom is -0.481 e. The second-order valence-electron chi connectivity index (χ2n) is 5.62. The molecule has 1 aromatic rings. The van der Waals surface area contributed by atoms with Crippen molar-refractivity contribution in [2.24, 2.45) is 5.92 Å². The van der Waals surface area contributed by atoms with E-state index in [1.54, 1.807) is 4.90 Å². The van der Waals surface area contributed by atoms with Crippen LogP contribution in [0.5, 0.6) is 0 Å². The number of nitrogens with one attached hydrogen (secondary N) is 1. The average Bonchev–Trinajstić information content (AvgIpc) is 2.48. The number of carboxylic acid groups (broad SMARTS) is 1. The maximum atomic E-state index is 13.0. The molecule has 25 heavy (non-hydrogen) atoms. The van der Waals surface area contributed by atoms with Crippen molar-refractivity contribution < 1.29 is 27.9 Å². The average molecular weight is 401 g/mol. The number of hydrogen-bond donors (Lipinski definition) is 2. The molecule has 0 spiro atoms. The van der Waals surface area contributed by atoms with Gasteiger partial charge in [0, 0.05) is 5.02 Å². The van der Waals surface area contributed by atoms with Gasteiger partial charge in [0.25, 0.3) is 0 Å². The largest absolute Gasteiger partial charge is 0.481 e. The quantitative estimate of drug-likeness (QED) is 0.810. The fourth-order valence-corrected chi connectivity index (χ4v) is 2.76. The maximum absolute atomic E-state index is 13.0. The van der Waals surface area contributed by atoms with Crippen LogP contribution in [0.4, 0.5) is 18.9 Å². The molecular weight excluding hydrogens is 384 g/mol. The van der Waals surface area contributed by atoms with E-state index < -0.39 is 29.5 Å². The molecule has 0 saturated carbocycles. The van der Waals surface area contributed by atoms with Crippen molar-refractivity contribution in [3.8, 4) is 0 Å². The highest BCUT2D eigenvalue weighted by molar-refractivity contribution is 6.30. The van der Waals surface area contributed by atoms with Crippen LogP contribution in [-0.2, 0) is 15.8 Å². The fraction of sp³-hybridized carbons (Fsp3) is 0.467. The van der Waals surface area contributed by atoms with E-state index in [1.165, 1.54) is 6.07 Å². The molecule has 10 heteroatoms. The summed E-state index contributed by atoms with van der Waals surface area (Å²) >= 11 is 5.59. The van der Waals surface area contributed by atoms with Gasteiger partial charge in [0.15, 0.2) is 0 Å². The van der Waals surface area contributed by atoms with Crippen molar-refractivity contribution >= 4 is 41.6 Å². The number of amides is 1. The van der Waals surface area contributed by atoms with Crippen LogP contribution in [0.15, 0.2) is 18.2 Å². The molecule has 5 nitrogen and oxygen atoms in total. The first-order valence-corrected chi connectivity index (χ1v) is 7.66. The molecule has 2 rings (SSSR count). The number of halogens is 5. The molecule has 1 saturated heterocycles. The Morgan fingerprint density at radius 3 is 2.40 bits per heavy atom. The van der Waals surface area contributed by atoms with Crippen molar-refractivity contribution in [1.82, 2.24) is 4.90 Å². The summed E-state index contributed by atoms with van der Waals surface area (Å²) < 4.78 is 38.9. The summed E-state index contributed by atoms with van der Waals surface area (Å²) in [5, 5.41) is 11.1. The Kier molecular flexibility index (Phi) is 7.52. The number of anilines is 1. The fourth-order valence-electron chi connectivity index (χ4n) is 2.59. The van der Waals surface area contributed by atoms with Crippen LogP contribution in [0.3, 0.4) is 0 Å². The number of piperidine rings is 1. The van der Waals surface area contributed by atoms with Crippen LogP contribution in [0.1, 0.15) is 18.4 Å². The highest BCUT2D eigenvalue weighted by atomic mass is 35.5. The third-order valence-corrected chi connectivity index (χ3v) is 4.10. The van der Waals surface area contributed by atoms with E-state index in [1.807, 2.05) is 0 Å². The molecule has 1 heterocycles. The molecule has 1 fully saturated rings. The molecule has 0 bridgehead atoms. The zero-order chi connectivity index (χ0) is 17.9. The summed E-state index contributed by atoms with van der Waals surface area (Å²) in [5.74, 6) is -1.89. The number of benzene rings is 1. The highest BCUT2D eigenvalue weighted by Crippen LogP contribution is 2.36. The van der Waals surface area contributed by atoms with Crippen molar-refractivity contribution in [3.05, 3.63) is 28.8 Å².